The predicted molar refractivity (Wildman–Crippen MR) is 72.0 cm³/mol. The zero-order chi connectivity index (χ0) is 11.7. The van der Waals surface area contributed by atoms with Gasteiger partial charge in [-0.1, -0.05) is 12.1 Å². The SMILES string of the molecule is Cc1cccc(-n2ncc(I)c(C)c2=O)c1. The Balaban J connectivity index is 2.66. The smallest absolute Gasteiger partial charge is 0.267 e. The fourth-order valence-corrected chi connectivity index (χ4v) is 1.82. The lowest BCUT2D eigenvalue weighted by molar-refractivity contribution is 0.790. The number of aryl methyl sites for hydroxylation is 1. The van der Waals surface area contributed by atoms with E-state index in [0.29, 0.717) is 0 Å². The van der Waals surface area contributed by atoms with Crippen molar-refractivity contribution in [2.24, 2.45) is 0 Å². The van der Waals surface area contributed by atoms with Gasteiger partial charge in [0.15, 0.2) is 0 Å². The van der Waals surface area contributed by atoms with Gasteiger partial charge in [0.2, 0.25) is 0 Å². The van der Waals surface area contributed by atoms with Gasteiger partial charge >= 0.3 is 0 Å². The number of aromatic nitrogens is 2. The van der Waals surface area contributed by atoms with Crippen LogP contribution in [0.4, 0.5) is 0 Å². The molecule has 3 nitrogen and oxygen atoms in total. The van der Waals surface area contributed by atoms with E-state index in [1.807, 2.05) is 38.1 Å². The van der Waals surface area contributed by atoms with Gasteiger partial charge in [-0.05, 0) is 54.1 Å². The monoisotopic (exact) mass is 326 g/mol. The lowest BCUT2D eigenvalue weighted by atomic mass is 10.2. The molecule has 0 atom stereocenters. The first-order valence-electron chi connectivity index (χ1n) is 4.91. The van der Waals surface area contributed by atoms with Crippen LogP contribution < -0.4 is 5.56 Å². The minimum absolute atomic E-state index is 0.0579. The second kappa shape index (κ2) is 4.37. The quantitative estimate of drug-likeness (QED) is 0.755. The van der Waals surface area contributed by atoms with Crippen LogP contribution in [0.5, 0.6) is 0 Å². The number of nitrogens with zero attached hydrogens (tertiary/aromatic N) is 2. The molecule has 2 aromatic rings. The molecule has 0 N–H and O–H groups in total. The molecule has 0 aliphatic carbocycles. The van der Waals surface area contributed by atoms with Crippen LogP contribution in [0, 0.1) is 17.4 Å². The maximum atomic E-state index is 12.0. The van der Waals surface area contributed by atoms with Crippen molar-refractivity contribution in [3.63, 3.8) is 0 Å². The fourth-order valence-electron chi connectivity index (χ4n) is 1.46. The van der Waals surface area contributed by atoms with Gasteiger partial charge in [-0.25, -0.2) is 0 Å². The highest BCUT2D eigenvalue weighted by molar-refractivity contribution is 14.1. The third-order valence-electron chi connectivity index (χ3n) is 2.40. The Bertz CT molecular complexity index is 590. The molecule has 0 fully saturated rings. The van der Waals surface area contributed by atoms with E-state index in [9.17, 15) is 4.79 Å². The fraction of sp³-hybridized carbons (Fsp3) is 0.167. The van der Waals surface area contributed by atoms with E-state index in [1.54, 1.807) is 6.20 Å². The van der Waals surface area contributed by atoms with E-state index in [0.717, 1.165) is 20.4 Å². The van der Waals surface area contributed by atoms with Crippen LogP contribution >= 0.6 is 22.6 Å². The topological polar surface area (TPSA) is 34.9 Å². The molecule has 0 saturated heterocycles. The number of hydrogen-bond acceptors (Lipinski definition) is 2. The normalized spacial score (nSPS) is 10.4. The molecule has 16 heavy (non-hydrogen) atoms. The molecule has 0 aliphatic heterocycles. The summed E-state index contributed by atoms with van der Waals surface area (Å²) in [6.45, 7) is 3.81. The molecule has 0 spiro atoms. The lowest BCUT2D eigenvalue weighted by Gasteiger charge is -2.06. The second-order valence-electron chi connectivity index (χ2n) is 3.67. The highest BCUT2D eigenvalue weighted by Crippen LogP contribution is 2.09. The van der Waals surface area contributed by atoms with Crippen LogP contribution in [0.1, 0.15) is 11.1 Å². The summed E-state index contributed by atoms with van der Waals surface area (Å²) in [6.07, 6.45) is 1.71. The number of benzene rings is 1. The first-order valence-corrected chi connectivity index (χ1v) is 5.99. The molecular formula is C12H11IN2O. The van der Waals surface area contributed by atoms with Gasteiger partial charge in [0.1, 0.15) is 0 Å². The van der Waals surface area contributed by atoms with Gasteiger partial charge < -0.3 is 0 Å². The number of halogens is 1. The summed E-state index contributed by atoms with van der Waals surface area (Å²) in [5.41, 5.74) is 2.60. The molecule has 0 radical (unpaired) electrons. The average molecular weight is 326 g/mol. The summed E-state index contributed by atoms with van der Waals surface area (Å²) in [5, 5.41) is 4.15. The molecule has 1 aromatic carbocycles. The van der Waals surface area contributed by atoms with Gasteiger partial charge in [0, 0.05) is 9.13 Å². The molecule has 1 aromatic heterocycles. The van der Waals surface area contributed by atoms with E-state index >= 15 is 0 Å². The zero-order valence-electron chi connectivity index (χ0n) is 9.07. The van der Waals surface area contributed by atoms with Crippen molar-refractivity contribution in [2.45, 2.75) is 13.8 Å². The van der Waals surface area contributed by atoms with Crippen molar-refractivity contribution < 1.29 is 0 Å². The largest absolute Gasteiger partial charge is 0.275 e. The Kier molecular flexibility index (Phi) is 3.09. The van der Waals surface area contributed by atoms with Crippen LogP contribution in [0.3, 0.4) is 0 Å². The van der Waals surface area contributed by atoms with E-state index < -0.39 is 0 Å². The molecule has 0 amide bonds. The molecule has 1 heterocycles. The van der Waals surface area contributed by atoms with E-state index in [4.69, 9.17) is 0 Å². The van der Waals surface area contributed by atoms with Gasteiger partial charge in [-0.2, -0.15) is 9.78 Å². The Morgan fingerprint density at radius 1 is 1.31 bits per heavy atom. The van der Waals surface area contributed by atoms with E-state index in [2.05, 4.69) is 27.7 Å². The molecule has 2 rings (SSSR count). The average Bonchev–Trinajstić information content (AvgIpc) is 2.26. The Morgan fingerprint density at radius 2 is 2.06 bits per heavy atom. The van der Waals surface area contributed by atoms with Crippen LogP contribution in [0.25, 0.3) is 5.69 Å². The zero-order valence-corrected chi connectivity index (χ0v) is 11.2. The van der Waals surface area contributed by atoms with Crippen molar-refractivity contribution in [3.05, 3.63) is 55.5 Å². The maximum Gasteiger partial charge on any atom is 0.275 e. The number of hydrogen-bond donors (Lipinski definition) is 0. The van der Waals surface area contributed by atoms with Crippen molar-refractivity contribution in [2.75, 3.05) is 0 Å². The summed E-state index contributed by atoms with van der Waals surface area (Å²) in [7, 11) is 0. The molecule has 0 unspecified atom stereocenters. The van der Waals surface area contributed by atoms with Crippen LogP contribution in [0.15, 0.2) is 35.3 Å². The second-order valence-corrected chi connectivity index (χ2v) is 4.84. The van der Waals surface area contributed by atoms with E-state index in [-0.39, 0.29) is 5.56 Å². The van der Waals surface area contributed by atoms with Crippen molar-refractivity contribution in [1.29, 1.82) is 0 Å². The summed E-state index contributed by atoms with van der Waals surface area (Å²) in [6, 6.07) is 7.74. The van der Waals surface area contributed by atoms with Gasteiger partial charge in [-0.15, -0.1) is 0 Å². The molecule has 4 heteroatoms. The molecule has 0 saturated carbocycles. The lowest BCUT2D eigenvalue weighted by Crippen LogP contribution is -2.24. The van der Waals surface area contributed by atoms with Crippen molar-refractivity contribution >= 4 is 22.6 Å². The van der Waals surface area contributed by atoms with Crippen LogP contribution in [-0.2, 0) is 0 Å². The highest BCUT2D eigenvalue weighted by Gasteiger charge is 2.06. The summed E-state index contributed by atoms with van der Waals surface area (Å²) in [5.74, 6) is 0. The minimum atomic E-state index is -0.0579. The van der Waals surface area contributed by atoms with Gasteiger partial charge in [-0.3, -0.25) is 4.79 Å². The third kappa shape index (κ3) is 2.02. The Labute approximate surface area is 107 Å². The predicted octanol–water partition coefficient (Wildman–Crippen LogP) is 2.45. The third-order valence-corrected chi connectivity index (χ3v) is 3.49. The highest BCUT2D eigenvalue weighted by atomic mass is 127. The molecule has 82 valence electrons. The minimum Gasteiger partial charge on any atom is -0.267 e. The molecular weight excluding hydrogens is 315 g/mol. The van der Waals surface area contributed by atoms with Crippen LogP contribution in [0.2, 0.25) is 0 Å². The summed E-state index contributed by atoms with van der Waals surface area (Å²) < 4.78 is 2.33. The summed E-state index contributed by atoms with van der Waals surface area (Å²) in [4.78, 5) is 12.0. The van der Waals surface area contributed by atoms with E-state index in [1.165, 1.54) is 4.68 Å². The van der Waals surface area contributed by atoms with Gasteiger partial charge in [0.25, 0.3) is 5.56 Å². The first-order chi connectivity index (χ1) is 7.59. The van der Waals surface area contributed by atoms with Crippen LogP contribution in [-0.4, -0.2) is 9.78 Å². The first kappa shape index (κ1) is 11.3. The standard InChI is InChI=1S/C12H11IN2O/c1-8-4-3-5-10(6-8)15-12(16)9(2)11(13)7-14-15/h3-7H,1-2H3. The van der Waals surface area contributed by atoms with Crippen molar-refractivity contribution in [1.82, 2.24) is 9.78 Å². The molecule has 0 bridgehead atoms. The van der Waals surface area contributed by atoms with Gasteiger partial charge in [0.05, 0.1) is 11.9 Å². The molecule has 0 aliphatic rings. The number of rotatable bonds is 1. The Hall–Kier alpha value is -1.17. The van der Waals surface area contributed by atoms with Crippen molar-refractivity contribution in [3.8, 4) is 5.69 Å². The summed E-state index contributed by atoms with van der Waals surface area (Å²) >= 11 is 2.12. The Morgan fingerprint density at radius 3 is 2.75 bits per heavy atom. The maximum absolute atomic E-state index is 12.0.